The molecule has 0 aromatic carbocycles. The molecule has 0 bridgehead atoms. The van der Waals surface area contributed by atoms with E-state index in [-0.39, 0.29) is 6.04 Å². The quantitative estimate of drug-likeness (QED) is 0.845. The van der Waals surface area contributed by atoms with Gasteiger partial charge in [0.1, 0.15) is 0 Å². The summed E-state index contributed by atoms with van der Waals surface area (Å²) in [6, 6.07) is 4.31. The van der Waals surface area contributed by atoms with E-state index in [9.17, 15) is 0 Å². The van der Waals surface area contributed by atoms with Gasteiger partial charge in [0, 0.05) is 11.4 Å². The molecule has 0 radical (unpaired) electrons. The second kappa shape index (κ2) is 4.38. The van der Waals surface area contributed by atoms with Crippen molar-refractivity contribution in [3.63, 3.8) is 0 Å². The molecule has 17 heavy (non-hydrogen) atoms. The van der Waals surface area contributed by atoms with Crippen molar-refractivity contribution in [1.29, 1.82) is 0 Å². The van der Waals surface area contributed by atoms with Crippen LogP contribution in [0.4, 0.5) is 0 Å². The van der Waals surface area contributed by atoms with E-state index in [2.05, 4.69) is 50.5 Å². The third kappa shape index (κ3) is 2.28. The summed E-state index contributed by atoms with van der Waals surface area (Å²) in [4.78, 5) is 1.27. The minimum Gasteiger partial charge on any atom is -0.322 e. The Morgan fingerprint density at radius 2 is 2.00 bits per heavy atom. The first-order chi connectivity index (χ1) is 7.87. The minimum atomic E-state index is 0.139. The maximum absolute atomic E-state index is 6.13. The molecule has 1 aliphatic carbocycles. The highest BCUT2D eigenvalue weighted by Gasteiger charge is 2.63. The molecule has 96 valence electrons. The highest BCUT2D eigenvalue weighted by molar-refractivity contribution is 7.10. The van der Waals surface area contributed by atoms with Crippen LogP contribution in [0.2, 0.25) is 0 Å². The van der Waals surface area contributed by atoms with Crippen molar-refractivity contribution < 1.29 is 0 Å². The van der Waals surface area contributed by atoms with Crippen molar-refractivity contribution >= 4 is 11.3 Å². The van der Waals surface area contributed by atoms with Crippen molar-refractivity contribution in [1.82, 2.24) is 5.32 Å². The van der Waals surface area contributed by atoms with Crippen LogP contribution >= 0.6 is 11.3 Å². The van der Waals surface area contributed by atoms with Crippen LogP contribution in [-0.2, 0) is 0 Å². The fourth-order valence-corrected chi connectivity index (χ4v) is 3.56. The molecule has 0 saturated heterocycles. The Kier molecular flexibility index (Phi) is 3.36. The number of nitrogens with two attached hydrogens (primary N) is 1. The molecule has 1 unspecified atom stereocenters. The van der Waals surface area contributed by atoms with Crippen LogP contribution in [-0.4, -0.2) is 13.1 Å². The van der Waals surface area contributed by atoms with Gasteiger partial charge < -0.3 is 11.1 Å². The molecule has 1 atom stereocenters. The Hall–Kier alpha value is -0.380. The predicted molar refractivity (Wildman–Crippen MR) is 75.2 cm³/mol. The van der Waals surface area contributed by atoms with E-state index in [1.54, 1.807) is 11.3 Å². The van der Waals surface area contributed by atoms with E-state index in [0.717, 1.165) is 19.0 Å². The molecule has 1 heterocycles. The van der Waals surface area contributed by atoms with Gasteiger partial charge >= 0.3 is 0 Å². The molecule has 1 aromatic heterocycles. The topological polar surface area (TPSA) is 38.0 Å². The van der Waals surface area contributed by atoms with Crippen LogP contribution < -0.4 is 11.1 Å². The van der Waals surface area contributed by atoms with Gasteiger partial charge in [-0.1, -0.05) is 33.8 Å². The number of rotatable bonds is 5. The van der Waals surface area contributed by atoms with Crippen molar-refractivity contribution in [3.05, 3.63) is 22.4 Å². The molecule has 3 N–H and O–H groups in total. The molecule has 0 spiro atoms. The fraction of sp³-hybridized carbons (Fsp3) is 0.714. The van der Waals surface area contributed by atoms with Crippen molar-refractivity contribution in [2.45, 2.75) is 33.7 Å². The third-order valence-electron chi connectivity index (χ3n) is 4.94. The summed E-state index contributed by atoms with van der Waals surface area (Å²) in [6.07, 6.45) is 0. The second-order valence-corrected chi connectivity index (χ2v) is 7.26. The summed E-state index contributed by atoms with van der Waals surface area (Å²) in [7, 11) is 0. The lowest BCUT2D eigenvalue weighted by molar-refractivity contribution is 0.457. The summed E-state index contributed by atoms with van der Waals surface area (Å²) in [6.45, 7) is 11.4. The molecule has 1 saturated carbocycles. The lowest BCUT2D eigenvalue weighted by Crippen LogP contribution is -2.28. The first kappa shape index (κ1) is 13.1. The fourth-order valence-electron chi connectivity index (χ4n) is 2.83. The van der Waals surface area contributed by atoms with E-state index >= 15 is 0 Å². The Morgan fingerprint density at radius 3 is 2.47 bits per heavy atom. The monoisotopic (exact) mass is 252 g/mol. The zero-order valence-electron chi connectivity index (χ0n) is 11.3. The van der Waals surface area contributed by atoms with E-state index in [4.69, 9.17) is 5.73 Å². The van der Waals surface area contributed by atoms with E-state index in [1.165, 1.54) is 4.88 Å². The van der Waals surface area contributed by atoms with Gasteiger partial charge in [0.05, 0.1) is 6.04 Å². The van der Waals surface area contributed by atoms with Crippen LogP contribution in [0.3, 0.4) is 0 Å². The number of thiophene rings is 1. The highest BCUT2D eigenvalue weighted by Crippen LogP contribution is 2.67. The van der Waals surface area contributed by atoms with Gasteiger partial charge in [0.2, 0.25) is 0 Å². The number of nitrogens with one attached hydrogen (secondary N) is 1. The summed E-state index contributed by atoms with van der Waals surface area (Å²) in [5, 5.41) is 5.61. The summed E-state index contributed by atoms with van der Waals surface area (Å²) in [5.41, 5.74) is 7.06. The SMILES string of the molecule is CC1(C)C(CNCC(N)c2cccs2)C1(C)C. The molecular formula is C14H24N2S. The molecule has 1 aliphatic rings. The molecule has 0 amide bonds. The second-order valence-electron chi connectivity index (χ2n) is 6.28. The van der Waals surface area contributed by atoms with Crippen LogP contribution in [0.15, 0.2) is 17.5 Å². The van der Waals surface area contributed by atoms with Gasteiger partial charge in [0.15, 0.2) is 0 Å². The average Bonchev–Trinajstić information content (AvgIpc) is 2.69. The smallest absolute Gasteiger partial charge is 0.0516 e. The third-order valence-corrected chi connectivity index (χ3v) is 5.95. The van der Waals surface area contributed by atoms with E-state index < -0.39 is 0 Å². The van der Waals surface area contributed by atoms with Crippen molar-refractivity contribution in [3.8, 4) is 0 Å². The van der Waals surface area contributed by atoms with Crippen LogP contribution in [0.1, 0.15) is 38.6 Å². The van der Waals surface area contributed by atoms with Gasteiger partial charge in [-0.3, -0.25) is 0 Å². The molecule has 1 fully saturated rings. The maximum Gasteiger partial charge on any atom is 0.0516 e. The molecule has 2 rings (SSSR count). The number of hydrogen-bond donors (Lipinski definition) is 2. The first-order valence-electron chi connectivity index (χ1n) is 6.37. The Morgan fingerprint density at radius 1 is 1.35 bits per heavy atom. The van der Waals surface area contributed by atoms with Gasteiger partial charge in [-0.25, -0.2) is 0 Å². The molecule has 0 aliphatic heterocycles. The van der Waals surface area contributed by atoms with E-state index in [0.29, 0.717) is 10.8 Å². The normalized spacial score (nSPS) is 23.6. The first-order valence-corrected chi connectivity index (χ1v) is 7.25. The van der Waals surface area contributed by atoms with Gasteiger partial charge in [0.25, 0.3) is 0 Å². The van der Waals surface area contributed by atoms with Crippen molar-refractivity contribution in [2.24, 2.45) is 22.5 Å². The lowest BCUT2D eigenvalue weighted by atomic mass is 10.0. The minimum absolute atomic E-state index is 0.139. The lowest BCUT2D eigenvalue weighted by Gasteiger charge is -2.11. The number of hydrogen-bond acceptors (Lipinski definition) is 3. The van der Waals surface area contributed by atoms with Gasteiger partial charge in [-0.2, -0.15) is 0 Å². The van der Waals surface area contributed by atoms with Crippen LogP contribution in [0.25, 0.3) is 0 Å². The Balaban J connectivity index is 1.75. The highest BCUT2D eigenvalue weighted by atomic mass is 32.1. The zero-order chi connectivity index (χ0) is 12.7. The van der Waals surface area contributed by atoms with Crippen molar-refractivity contribution in [2.75, 3.05) is 13.1 Å². The van der Waals surface area contributed by atoms with E-state index in [1.807, 2.05) is 0 Å². The predicted octanol–water partition coefficient (Wildman–Crippen LogP) is 3.02. The standard InChI is InChI=1S/C14H24N2S/c1-13(2)12(14(13,3)4)9-16-8-10(15)11-6-5-7-17-11/h5-7,10,12,16H,8-9,15H2,1-4H3. The molecule has 3 heteroatoms. The zero-order valence-corrected chi connectivity index (χ0v) is 12.1. The van der Waals surface area contributed by atoms with Gasteiger partial charge in [-0.15, -0.1) is 11.3 Å². The summed E-state index contributed by atoms with van der Waals surface area (Å²) in [5.74, 6) is 0.769. The van der Waals surface area contributed by atoms with Gasteiger partial charge in [-0.05, 0) is 34.7 Å². The Labute approximate surface area is 109 Å². The largest absolute Gasteiger partial charge is 0.322 e. The molecule has 1 aromatic rings. The maximum atomic E-state index is 6.13. The van der Waals surface area contributed by atoms with Crippen LogP contribution in [0, 0.1) is 16.7 Å². The average molecular weight is 252 g/mol. The summed E-state index contributed by atoms with van der Waals surface area (Å²) >= 11 is 1.74. The Bertz CT molecular complexity index is 354. The summed E-state index contributed by atoms with van der Waals surface area (Å²) < 4.78 is 0. The molecular weight excluding hydrogens is 228 g/mol. The molecule has 2 nitrogen and oxygen atoms in total. The van der Waals surface area contributed by atoms with Crippen LogP contribution in [0.5, 0.6) is 0 Å².